The third kappa shape index (κ3) is 6.54. The van der Waals surface area contributed by atoms with Gasteiger partial charge in [0, 0.05) is 61.9 Å². The molecule has 16 heteroatoms. The number of halogens is 3. The number of aromatic amines is 1. The molecule has 1 aliphatic heterocycles. The van der Waals surface area contributed by atoms with E-state index in [1.807, 2.05) is 11.8 Å². The monoisotopic (exact) mass is 604 g/mol. The molecule has 12 nitrogen and oxygen atoms in total. The van der Waals surface area contributed by atoms with Gasteiger partial charge >= 0.3 is 6.18 Å². The first kappa shape index (κ1) is 29.1. The second kappa shape index (κ2) is 11.4. The number of hydrogen-bond donors (Lipinski definition) is 3. The molecule has 1 amide bonds. The fraction of sp³-hybridized carbons (Fsp3) is 0.308. The number of rotatable bonds is 8. The summed E-state index contributed by atoms with van der Waals surface area (Å²) in [4.78, 5) is 21.1. The summed E-state index contributed by atoms with van der Waals surface area (Å²) in [7, 11) is -3.91. The van der Waals surface area contributed by atoms with Crippen LogP contribution in [0.2, 0.25) is 0 Å². The van der Waals surface area contributed by atoms with Gasteiger partial charge in [0.2, 0.25) is 0 Å². The molecule has 1 saturated heterocycles. The molecule has 0 radical (unpaired) electrons. The second-order valence-corrected chi connectivity index (χ2v) is 11.5. The number of pyridine rings is 1. The Bertz CT molecular complexity index is 1650. The number of hydrogen-bond acceptors (Lipinski definition) is 9. The van der Waals surface area contributed by atoms with Crippen LogP contribution in [-0.2, 0) is 22.7 Å². The molecule has 0 spiro atoms. The van der Waals surface area contributed by atoms with E-state index in [-0.39, 0.29) is 22.4 Å². The number of piperazine rings is 1. The third-order valence-electron chi connectivity index (χ3n) is 6.70. The predicted molar refractivity (Wildman–Crippen MR) is 146 cm³/mol. The molecule has 1 aliphatic rings. The normalized spacial score (nSPS) is 16.4. The standard InChI is InChI=1S/C26H27F3N8O4S/c1-16-14-36(9-10-37(16)23-8-3-19(13-30-23)26(27,28)29)15-18-12-31-33-24(18)25(38)32-20-4-6-21(7-5-20)42(39,40)35-22-11-17(2)41-34-22/h3-8,11-13,16H,9-10,14-15H2,1-2H3,(H,31,33)(H,32,38)(H,34,35). The van der Waals surface area contributed by atoms with Crippen molar-refractivity contribution in [3.05, 3.63) is 77.4 Å². The van der Waals surface area contributed by atoms with Crippen LogP contribution in [0.15, 0.2) is 64.3 Å². The van der Waals surface area contributed by atoms with Crippen molar-refractivity contribution < 1.29 is 30.9 Å². The lowest BCUT2D eigenvalue weighted by atomic mass is 10.1. The average Bonchev–Trinajstić information content (AvgIpc) is 3.57. The van der Waals surface area contributed by atoms with Gasteiger partial charge in [0.05, 0.1) is 10.5 Å². The van der Waals surface area contributed by atoms with Gasteiger partial charge in [0.1, 0.15) is 11.6 Å². The fourth-order valence-corrected chi connectivity index (χ4v) is 5.62. The maximum atomic E-state index is 13.0. The zero-order valence-electron chi connectivity index (χ0n) is 22.5. The van der Waals surface area contributed by atoms with Crippen molar-refractivity contribution in [2.75, 3.05) is 34.6 Å². The van der Waals surface area contributed by atoms with E-state index in [0.29, 0.717) is 49.0 Å². The van der Waals surface area contributed by atoms with Crippen LogP contribution in [0.4, 0.5) is 30.5 Å². The quantitative estimate of drug-likeness (QED) is 0.272. The summed E-state index contributed by atoms with van der Waals surface area (Å²) in [6.07, 6.45) is -1.96. The molecular formula is C26H27F3N8O4S. The summed E-state index contributed by atoms with van der Waals surface area (Å²) in [6, 6.07) is 9.44. The zero-order valence-corrected chi connectivity index (χ0v) is 23.3. The Morgan fingerprint density at radius 3 is 2.55 bits per heavy atom. The highest BCUT2D eigenvalue weighted by molar-refractivity contribution is 7.92. The van der Waals surface area contributed by atoms with Gasteiger partial charge in [-0.15, -0.1) is 0 Å². The maximum Gasteiger partial charge on any atom is 0.417 e. The molecule has 4 heterocycles. The Kier molecular flexibility index (Phi) is 7.92. The average molecular weight is 605 g/mol. The van der Waals surface area contributed by atoms with Crippen LogP contribution in [0.3, 0.4) is 0 Å². The molecule has 1 unspecified atom stereocenters. The molecule has 4 aromatic rings. The maximum absolute atomic E-state index is 13.0. The van der Waals surface area contributed by atoms with Gasteiger partial charge in [-0.3, -0.25) is 19.5 Å². The molecule has 5 rings (SSSR count). The van der Waals surface area contributed by atoms with Crippen LogP contribution >= 0.6 is 0 Å². The highest BCUT2D eigenvalue weighted by Crippen LogP contribution is 2.30. The zero-order chi connectivity index (χ0) is 30.1. The van der Waals surface area contributed by atoms with Gasteiger partial charge < -0.3 is 14.7 Å². The summed E-state index contributed by atoms with van der Waals surface area (Å²) in [5.74, 6) is 0.513. The first-order valence-electron chi connectivity index (χ1n) is 12.8. The molecule has 42 heavy (non-hydrogen) atoms. The van der Waals surface area contributed by atoms with Gasteiger partial charge in [-0.1, -0.05) is 5.16 Å². The van der Waals surface area contributed by atoms with E-state index in [1.54, 1.807) is 13.1 Å². The van der Waals surface area contributed by atoms with Crippen LogP contribution in [0.25, 0.3) is 0 Å². The van der Waals surface area contributed by atoms with Gasteiger partial charge in [0.25, 0.3) is 15.9 Å². The topological polar surface area (TPSA) is 149 Å². The highest BCUT2D eigenvalue weighted by atomic mass is 32.2. The first-order chi connectivity index (χ1) is 19.9. The Hall–Kier alpha value is -4.44. The van der Waals surface area contributed by atoms with E-state index < -0.39 is 27.7 Å². The van der Waals surface area contributed by atoms with E-state index >= 15 is 0 Å². The van der Waals surface area contributed by atoms with Crippen molar-refractivity contribution in [3.8, 4) is 0 Å². The van der Waals surface area contributed by atoms with Gasteiger partial charge in [-0.05, 0) is 50.2 Å². The molecule has 0 saturated carbocycles. The number of benzene rings is 1. The molecule has 1 fully saturated rings. The number of H-pyrrole nitrogens is 1. The molecule has 3 aromatic heterocycles. The van der Waals surface area contributed by atoms with Crippen LogP contribution in [-0.4, -0.2) is 65.2 Å². The molecule has 1 aromatic carbocycles. The number of nitrogens with one attached hydrogen (secondary N) is 3. The minimum atomic E-state index is -4.44. The van der Waals surface area contributed by atoms with Crippen molar-refractivity contribution in [3.63, 3.8) is 0 Å². The molecular weight excluding hydrogens is 577 g/mol. The largest absolute Gasteiger partial charge is 0.417 e. The predicted octanol–water partition coefficient (Wildman–Crippen LogP) is 3.88. The molecule has 3 N–H and O–H groups in total. The summed E-state index contributed by atoms with van der Waals surface area (Å²) < 4.78 is 71.0. The lowest BCUT2D eigenvalue weighted by Gasteiger charge is -2.40. The van der Waals surface area contributed by atoms with Crippen LogP contribution in [0, 0.1) is 6.92 Å². The lowest BCUT2D eigenvalue weighted by Crippen LogP contribution is -2.52. The number of carbonyl (C=O) groups excluding carboxylic acids is 1. The number of aryl methyl sites for hydroxylation is 1. The third-order valence-corrected chi connectivity index (χ3v) is 8.07. The van der Waals surface area contributed by atoms with Gasteiger partial charge in [-0.2, -0.15) is 18.3 Å². The van der Waals surface area contributed by atoms with Gasteiger partial charge in [0.15, 0.2) is 11.5 Å². The molecule has 0 aliphatic carbocycles. The number of anilines is 3. The Labute approximate surface area is 239 Å². The summed E-state index contributed by atoms with van der Waals surface area (Å²) in [6.45, 7) is 5.74. The fourth-order valence-electron chi connectivity index (χ4n) is 4.63. The SMILES string of the molecule is Cc1cc(NS(=O)(=O)c2ccc(NC(=O)c3n[nH]cc3CN3CCN(c4ccc(C(F)(F)F)cn4)C(C)C3)cc2)no1. The van der Waals surface area contributed by atoms with E-state index in [4.69, 9.17) is 4.52 Å². The minimum Gasteiger partial charge on any atom is -0.360 e. The van der Waals surface area contributed by atoms with E-state index in [2.05, 4.69) is 35.3 Å². The number of carbonyl (C=O) groups is 1. The van der Waals surface area contributed by atoms with E-state index in [0.717, 1.165) is 12.3 Å². The van der Waals surface area contributed by atoms with Crippen molar-refractivity contribution in [1.82, 2.24) is 25.2 Å². The Balaban J connectivity index is 1.18. The van der Waals surface area contributed by atoms with Crippen molar-refractivity contribution in [1.29, 1.82) is 0 Å². The summed E-state index contributed by atoms with van der Waals surface area (Å²) in [5.41, 5.74) is 0.428. The second-order valence-electron chi connectivity index (χ2n) is 9.85. The lowest BCUT2D eigenvalue weighted by molar-refractivity contribution is -0.137. The van der Waals surface area contributed by atoms with Gasteiger partial charge in [-0.25, -0.2) is 13.4 Å². The van der Waals surface area contributed by atoms with Crippen LogP contribution in [0.5, 0.6) is 0 Å². The minimum absolute atomic E-state index is 0.0265. The summed E-state index contributed by atoms with van der Waals surface area (Å²) in [5, 5.41) is 13.2. The highest BCUT2D eigenvalue weighted by Gasteiger charge is 2.32. The van der Waals surface area contributed by atoms with Crippen LogP contribution in [0.1, 0.15) is 34.3 Å². The number of aromatic nitrogens is 4. The Morgan fingerprint density at radius 2 is 1.93 bits per heavy atom. The van der Waals surface area contributed by atoms with Crippen molar-refractivity contribution in [2.24, 2.45) is 0 Å². The smallest absolute Gasteiger partial charge is 0.360 e. The van der Waals surface area contributed by atoms with Crippen molar-refractivity contribution in [2.45, 2.75) is 37.5 Å². The molecule has 1 atom stereocenters. The molecule has 0 bridgehead atoms. The van der Waals surface area contributed by atoms with E-state index in [1.165, 1.54) is 36.4 Å². The van der Waals surface area contributed by atoms with E-state index in [9.17, 15) is 26.4 Å². The number of alkyl halides is 3. The number of sulfonamides is 1. The number of amides is 1. The molecule has 222 valence electrons. The number of nitrogens with zero attached hydrogens (tertiary/aromatic N) is 5. The van der Waals surface area contributed by atoms with Crippen LogP contribution < -0.4 is 14.9 Å². The Morgan fingerprint density at radius 1 is 1.17 bits per heavy atom. The summed E-state index contributed by atoms with van der Waals surface area (Å²) >= 11 is 0. The first-order valence-corrected chi connectivity index (χ1v) is 14.3. The van der Waals surface area contributed by atoms with Crippen molar-refractivity contribution >= 4 is 33.3 Å².